The molecular weight excluding hydrogens is 534 g/mol. The summed E-state index contributed by atoms with van der Waals surface area (Å²) in [6.45, 7) is 14.9. The van der Waals surface area contributed by atoms with Crippen molar-refractivity contribution in [2.45, 2.75) is 181 Å². The minimum Gasteiger partial charge on any atom is -0.370 e. The zero-order chi connectivity index (χ0) is 31.8. The van der Waals surface area contributed by atoms with Crippen molar-refractivity contribution in [2.75, 3.05) is 13.2 Å². The Hall–Kier alpha value is -1.98. The zero-order valence-corrected chi connectivity index (χ0v) is 27.8. The largest absolute Gasteiger partial charge is 0.370 e. The maximum Gasteiger partial charge on any atom is 0.236 e. The number of ether oxygens (including phenoxy) is 3. The molecule has 9 heteroatoms. The SMILES string of the molecule is C1CCC2OC2C1.C1CCC2OC2C1.C1CCC2OC2C1.CCC.CCC.CCC.CCN=C=O.O=C=NCN=C=O. The Morgan fingerprint density at radius 3 is 0.786 bits per heavy atom. The fourth-order valence-electron chi connectivity index (χ4n) is 4.29. The Bertz CT molecular complexity index is 645. The molecule has 0 spiro atoms. The molecule has 244 valence electrons. The first-order valence-electron chi connectivity index (χ1n) is 16.5. The number of aliphatic imine (C=N–C) groups is 3. The van der Waals surface area contributed by atoms with Gasteiger partial charge in [0.2, 0.25) is 18.2 Å². The highest BCUT2D eigenvalue weighted by Gasteiger charge is 2.41. The van der Waals surface area contributed by atoms with Gasteiger partial charge in [0.05, 0.1) is 36.6 Å². The van der Waals surface area contributed by atoms with Crippen LogP contribution < -0.4 is 0 Å². The molecule has 6 rings (SSSR count). The smallest absolute Gasteiger partial charge is 0.236 e. The lowest BCUT2D eigenvalue weighted by Gasteiger charge is -2.00. The highest BCUT2D eigenvalue weighted by atomic mass is 16.6. The normalized spacial score (nSPS) is 26.9. The van der Waals surface area contributed by atoms with Crippen LogP contribution in [0.2, 0.25) is 0 Å². The molecule has 0 aromatic rings. The molecule has 0 amide bonds. The molecule has 42 heavy (non-hydrogen) atoms. The Morgan fingerprint density at radius 1 is 0.452 bits per heavy atom. The second-order valence-electron chi connectivity index (χ2n) is 10.8. The monoisotopic (exact) mass is 595 g/mol. The molecule has 0 aromatic carbocycles. The molecule has 6 aliphatic rings. The highest BCUT2D eigenvalue weighted by molar-refractivity contribution is 5.35. The van der Waals surface area contributed by atoms with Gasteiger partial charge in [-0.15, -0.1) is 0 Å². The van der Waals surface area contributed by atoms with E-state index in [1.165, 1.54) is 115 Å². The number of nitrogens with zero attached hydrogens (tertiary/aromatic N) is 3. The molecule has 0 bridgehead atoms. The molecule has 3 aliphatic heterocycles. The lowest BCUT2D eigenvalue weighted by atomic mass is 10.0. The van der Waals surface area contributed by atoms with Crippen LogP contribution in [0.1, 0.15) is 145 Å². The summed E-state index contributed by atoms with van der Waals surface area (Å²) in [5.41, 5.74) is 0. The Morgan fingerprint density at radius 2 is 0.667 bits per heavy atom. The summed E-state index contributed by atoms with van der Waals surface area (Å²) in [7, 11) is 0. The van der Waals surface area contributed by atoms with Crippen molar-refractivity contribution in [3.63, 3.8) is 0 Å². The molecule has 3 heterocycles. The Labute approximate surface area is 256 Å². The van der Waals surface area contributed by atoms with Crippen LogP contribution in [0.3, 0.4) is 0 Å². The number of rotatable bonds is 3. The van der Waals surface area contributed by atoms with Gasteiger partial charge < -0.3 is 14.2 Å². The Balaban J connectivity index is 0. The van der Waals surface area contributed by atoms with E-state index in [0.29, 0.717) is 43.2 Å². The van der Waals surface area contributed by atoms with E-state index < -0.39 is 0 Å². The standard InChI is InChI=1S/3C6H10O.C3H2N2O2.C3H5NO.3C3H8/c3*1-2-4-6-5(3-1)7-6;6-2-4-1-5-3-7;1-2-4-3-5;3*1-3-2/h3*5-6H,1-4H2;1H2;2H2,1H3;3*3H2,1-2H3. The van der Waals surface area contributed by atoms with Gasteiger partial charge in [0.1, 0.15) is 0 Å². The van der Waals surface area contributed by atoms with Gasteiger partial charge >= 0.3 is 0 Å². The molecule has 3 saturated heterocycles. The third-order valence-electron chi connectivity index (χ3n) is 6.24. The molecule has 6 unspecified atom stereocenters. The summed E-state index contributed by atoms with van der Waals surface area (Å²) in [6, 6.07) is 0. The molecule has 3 aliphatic carbocycles. The van der Waals surface area contributed by atoms with Crippen LogP contribution in [0, 0.1) is 0 Å². The first-order chi connectivity index (χ1) is 20.5. The molecule has 0 N–H and O–H groups in total. The van der Waals surface area contributed by atoms with E-state index in [0.717, 1.165) is 0 Å². The maximum absolute atomic E-state index is 9.20. The van der Waals surface area contributed by atoms with Gasteiger partial charge in [-0.2, -0.15) is 9.98 Å². The van der Waals surface area contributed by atoms with Crippen LogP contribution in [0.25, 0.3) is 0 Å². The van der Waals surface area contributed by atoms with Crippen molar-refractivity contribution in [3.05, 3.63) is 0 Å². The molecule has 6 fully saturated rings. The van der Waals surface area contributed by atoms with Gasteiger partial charge in [0.15, 0.2) is 6.67 Å². The predicted molar refractivity (Wildman–Crippen MR) is 169 cm³/mol. The van der Waals surface area contributed by atoms with Crippen LogP contribution in [0.4, 0.5) is 0 Å². The minimum absolute atomic E-state index is 0.160. The van der Waals surface area contributed by atoms with Crippen molar-refractivity contribution in [1.29, 1.82) is 0 Å². The van der Waals surface area contributed by atoms with Crippen molar-refractivity contribution in [3.8, 4) is 0 Å². The van der Waals surface area contributed by atoms with Crippen LogP contribution in [-0.2, 0) is 28.6 Å². The first-order valence-corrected chi connectivity index (χ1v) is 16.5. The van der Waals surface area contributed by atoms with Gasteiger partial charge in [0, 0.05) is 6.54 Å². The number of carbonyl (C=O) groups excluding carboxylic acids is 3. The van der Waals surface area contributed by atoms with Gasteiger partial charge in [-0.25, -0.2) is 19.4 Å². The summed E-state index contributed by atoms with van der Waals surface area (Å²) in [5, 5.41) is 0. The van der Waals surface area contributed by atoms with E-state index in [4.69, 9.17) is 19.0 Å². The molecule has 9 nitrogen and oxygen atoms in total. The fraction of sp³-hybridized carbons (Fsp3) is 0.909. The topological polar surface area (TPSA) is 126 Å². The summed E-state index contributed by atoms with van der Waals surface area (Å²) < 4.78 is 15.8. The molecule has 6 atom stereocenters. The fourth-order valence-corrected chi connectivity index (χ4v) is 4.29. The van der Waals surface area contributed by atoms with Gasteiger partial charge in [-0.1, -0.05) is 99.3 Å². The number of hydrogen-bond donors (Lipinski definition) is 0. The van der Waals surface area contributed by atoms with Crippen LogP contribution in [-0.4, -0.2) is 68.1 Å². The third kappa shape index (κ3) is 28.2. The molecular formula is C33H61N3O6. The van der Waals surface area contributed by atoms with Crippen LogP contribution in [0.15, 0.2) is 15.0 Å². The summed E-state index contributed by atoms with van der Waals surface area (Å²) in [4.78, 5) is 36.5. The van der Waals surface area contributed by atoms with Crippen molar-refractivity contribution in [2.24, 2.45) is 15.0 Å². The number of fused-ring (bicyclic) bond motifs is 3. The Kier molecular flexibility index (Phi) is 32.1. The van der Waals surface area contributed by atoms with E-state index in [1.807, 2.05) is 0 Å². The zero-order valence-electron chi connectivity index (χ0n) is 27.8. The molecule has 0 radical (unpaired) electrons. The first kappa shape index (κ1) is 42.2. The van der Waals surface area contributed by atoms with Gasteiger partial charge in [-0.3, -0.25) is 0 Å². The van der Waals surface area contributed by atoms with E-state index in [-0.39, 0.29) is 6.67 Å². The van der Waals surface area contributed by atoms with Crippen molar-refractivity contribution >= 4 is 18.2 Å². The number of hydrogen-bond acceptors (Lipinski definition) is 9. The van der Waals surface area contributed by atoms with E-state index in [9.17, 15) is 9.59 Å². The minimum atomic E-state index is -0.160. The van der Waals surface area contributed by atoms with Gasteiger partial charge in [0.25, 0.3) is 0 Å². The summed E-state index contributed by atoms with van der Waals surface area (Å²) >= 11 is 0. The number of epoxide rings is 3. The van der Waals surface area contributed by atoms with E-state index in [2.05, 4.69) is 56.5 Å². The lowest BCUT2D eigenvalue weighted by Crippen LogP contribution is -2.00. The summed E-state index contributed by atoms with van der Waals surface area (Å²) in [5.74, 6) is 0. The van der Waals surface area contributed by atoms with E-state index >= 15 is 0 Å². The quantitative estimate of drug-likeness (QED) is 0.184. The average Bonchev–Trinajstić information content (AvgIpc) is 3.89. The second-order valence-corrected chi connectivity index (χ2v) is 10.8. The van der Waals surface area contributed by atoms with Crippen LogP contribution >= 0.6 is 0 Å². The number of isocyanates is 3. The van der Waals surface area contributed by atoms with Crippen LogP contribution in [0.5, 0.6) is 0 Å². The molecule has 0 aromatic heterocycles. The third-order valence-corrected chi connectivity index (χ3v) is 6.24. The molecule has 3 saturated carbocycles. The summed E-state index contributed by atoms with van der Waals surface area (Å²) in [6.07, 6.45) is 28.2. The van der Waals surface area contributed by atoms with E-state index in [1.54, 1.807) is 6.92 Å². The highest BCUT2D eigenvalue weighted by Crippen LogP contribution is 2.37. The second kappa shape index (κ2) is 31.9. The lowest BCUT2D eigenvalue weighted by molar-refractivity contribution is 0.372. The van der Waals surface area contributed by atoms with Crippen molar-refractivity contribution in [1.82, 2.24) is 0 Å². The maximum atomic E-state index is 9.20. The predicted octanol–water partition coefficient (Wildman–Crippen LogP) is 8.19. The van der Waals surface area contributed by atoms with Gasteiger partial charge in [-0.05, 0) is 45.4 Å². The average molecular weight is 596 g/mol. The van der Waals surface area contributed by atoms with Crippen molar-refractivity contribution < 1.29 is 28.6 Å².